The van der Waals surface area contributed by atoms with Gasteiger partial charge in [-0.1, -0.05) is 39.7 Å². The zero-order chi connectivity index (χ0) is 14.5. The second kappa shape index (κ2) is 6.97. The van der Waals surface area contributed by atoms with E-state index < -0.39 is 0 Å². The Labute approximate surface area is 131 Å². The highest BCUT2D eigenvalue weighted by Gasteiger charge is 2.14. The molecule has 0 bridgehead atoms. The fourth-order valence-electron chi connectivity index (χ4n) is 1.81. The molecule has 0 heterocycles. The second-order valence-electron chi connectivity index (χ2n) is 4.19. The third-order valence-electron chi connectivity index (χ3n) is 2.84. The van der Waals surface area contributed by atoms with E-state index in [0.717, 1.165) is 15.8 Å². The summed E-state index contributed by atoms with van der Waals surface area (Å²) in [7, 11) is 1.63. The molecule has 0 spiro atoms. The van der Waals surface area contributed by atoms with E-state index in [0.29, 0.717) is 17.3 Å². The lowest BCUT2D eigenvalue weighted by Gasteiger charge is -2.19. The molecule has 0 aromatic heterocycles. The maximum Gasteiger partial charge on any atom is 0.140 e. The molecule has 3 nitrogen and oxygen atoms in total. The quantitative estimate of drug-likeness (QED) is 0.873. The Morgan fingerprint density at radius 2 is 2.05 bits per heavy atom. The molecular weight excluding hydrogens is 342 g/mol. The summed E-state index contributed by atoms with van der Waals surface area (Å²) in [5, 5.41) is 0.551. The topological polar surface area (TPSA) is 44.5 Å². The van der Waals surface area contributed by atoms with Crippen LogP contribution in [-0.2, 0) is 0 Å². The molecule has 106 valence electrons. The smallest absolute Gasteiger partial charge is 0.140 e. The normalized spacial score (nSPS) is 12.0. The van der Waals surface area contributed by atoms with E-state index >= 15 is 0 Å². The summed E-state index contributed by atoms with van der Waals surface area (Å²) in [6.07, 6.45) is -0.281. The average Bonchev–Trinajstić information content (AvgIpc) is 2.48. The van der Waals surface area contributed by atoms with E-state index in [9.17, 15) is 0 Å². The maximum atomic E-state index is 6.13. The average molecular weight is 357 g/mol. The minimum Gasteiger partial charge on any atom is -0.497 e. The van der Waals surface area contributed by atoms with E-state index in [4.69, 9.17) is 26.8 Å². The van der Waals surface area contributed by atoms with Crippen molar-refractivity contribution in [2.75, 3.05) is 13.7 Å². The number of benzene rings is 2. The van der Waals surface area contributed by atoms with E-state index in [1.54, 1.807) is 13.2 Å². The van der Waals surface area contributed by atoms with Crippen LogP contribution >= 0.6 is 27.5 Å². The fourth-order valence-corrected chi connectivity index (χ4v) is 2.32. The molecule has 0 fully saturated rings. The Morgan fingerprint density at radius 1 is 1.25 bits per heavy atom. The maximum absolute atomic E-state index is 6.13. The summed E-state index contributed by atoms with van der Waals surface area (Å²) >= 11 is 9.53. The van der Waals surface area contributed by atoms with E-state index in [1.807, 2.05) is 36.4 Å². The van der Waals surface area contributed by atoms with Crippen molar-refractivity contribution < 1.29 is 9.47 Å². The van der Waals surface area contributed by atoms with Crippen molar-refractivity contribution in [1.82, 2.24) is 0 Å². The largest absolute Gasteiger partial charge is 0.497 e. The first-order valence-electron chi connectivity index (χ1n) is 6.09. The molecular formula is C15H15BrClNO2. The van der Waals surface area contributed by atoms with Gasteiger partial charge in [-0.15, -0.1) is 0 Å². The van der Waals surface area contributed by atoms with Gasteiger partial charge < -0.3 is 15.2 Å². The molecule has 0 saturated heterocycles. The van der Waals surface area contributed by atoms with Gasteiger partial charge >= 0.3 is 0 Å². The molecule has 2 N–H and O–H groups in total. The molecule has 2 rings (SSSR count). The number of halogens is 2. The molecule has 2 aromatic carbocycles. The first-order chi connectivity index (χ1) is 9.63. The Balaban J connectivity index is 2.26. The van der Waals surface area contributed by atoms with Gasteiger partial charge in [-0.05, 0) is 35.9 Å². The lowest BCUT2D eigenvalue weighted by atomic mass is 10.1. The van der Waals surface area contributed by atoms with Gasteiger partial charge in [0.15, 0.2) is 0 Å². The number of rotatable bonds is 5. The Morgan fingerprint density at radius 3 is 2.75 bits per heavy atom. The molecule has 0 amide bonds. The van der Waals surface area contributed by atoms with Crippen LogP contribution in [0, 0.1) is 0 Å². The minimum absolute atomic E-state index is 0.281. The van der Waals surface area contributed by atoms with Crippen molar-refractivity contribution in [2.24, 2.45) is 5.73 Å². The molecule has 0 aliphatic carbocycles. The van der Waals surface area contributed by atoms with Crippen LogP contribution in [0.5, 0.6) is 11.5 Å². The first-order valence-corrected chi connectivity index (χ1v) is 7.27. The van der Waals surface area contributed by atoms with E-state index in [2.05, 4.69) is 15.9 Å². The standard InChI is InChI=1S/C15H15BrClNO2/c1-19-12-4-2-3-10(7-12)15(9-18)20-14-8-11(16)5-6-13(14)17/h2-8,15H,9,18H2,1H3. The molecule has 1 unspecified atom stereocenters. The number of nitrogens with two attached hydrogens (primary N) is 1. The van der Waals surface area contributed by atoms with Crippen LogP contribution in [0.2, 0.25) is 5.02 Å². The van der Waals surface area contributed by atoms with Gasteiger partial charge in [-0.25, -0.2) is 0 Å². The highest BCUT2D eigenvalue weighted by atomic mass is 79.9. The molecule has 0 radical (unpaired) electrons. The van der Waals surface area contributed by atoms with E-state index in [1.165, 1.54) is 0 Å². The summed E-state index contributed by atoms with van der Waals surface area (Å²) in [5.41, 5.74) is 6.76. The van der Waals surface area contributed by atoms with Crippen LogP contribution in [0.1, 0.15) is 11.7 Å². The molecule has 2 aromatic rings. The molecule has 5 heteroatoms. The third kappa shape index (κ3) is 3.66. The monoisotopic (exact) mass is 355 g/mol. The summed E-state index contributed by atoms with van der Waals surface area (Å²) in [6, 6.07) is 13.1. The molecule has 0 saturated carbocycles. The third-order valence-corrected chi connectivity index (χ3v) is 3.65. The Hall–Kier alpha value is -1.23. The van der Waals surface area contributed by atoms with Crippen molar-refractivity contribution in [1.29, 1.82) is 0 Å². The van der Waals surface area contributed by atoms with Crippen molar-refractivity contribution in [3.8, 4) is 11.5 Å². The van der Waals surface area contributed by atoms with Crippen LogP contribution < -0.4 is 15.2 Å². The fraction of sp³-hybridized carbons (Fsp3) is 0.200. The Bertz CT molecular complexity index is 592. The Kier molecular flexibility index (Phi) is 5.29. The molecule has 1 atom stereocenters. The van der Waals surface area contributed by atoms with Gasteiger partial charge in [0.25, 0.3) is 0 Å². The lowest BCUT2D eigenvalue weighted by molar-refractivity contribution is 0.214. The van der Waals surface area contributed by atoms with Gasteiger partial charge in [-0.2, -0.15) is 0 Å². The number of hydrogen-bond donors (Lipinski definition) is 1. The second-order valence-corrected chi connectivity index (χ2v) is 5.52. The predicted octanol–water partition coefficient (Wildman–Crippen LogP) is 4.19. The van der Waals surface area contributed by atoms with Crippen molar-refractivity contribution in [3.63, 3.8) is 0 Å². The number of hydrogen-bond acceptors (Lipinski definition) is 3. The van der Waals surface area contributed by atoms with Gasteiger partial charge in [0.05, 0.1) is 12.1 Å². The van der Waals surface area contributed by atoms with Crippen LogP contribution in [0.25, 0.3) is 0 Å². The first kappa shape index (κ1) is 15.2. The van der Waals surface area contributed by atoms with Crippen LogP contribution in [-0.4, -0.2) is 13.7 Å². The molecule has 20 heavy (non-hydrogen) atoms. The summed E-state index contributed by atoms with van der Waals surface area (Å²) in [4.78, 5) is 0. The van der Waals surface area contributed by atoms with Gasteiger partial charge in [0, 0.05) is 11.0 Å². The lowest BCUT2D eigenvalue weighted by Crippen LogP contribution is -2.18. The van der Waals surface area contributed by atoms with Gasteiger partial charge in [0.2, 0.25) is 0 Å². The van der Waals surface area contributed by atoms with Gasteiger partial charge in [0.1, 0.15) is 17.6 Å². The summed E-state index contributed by atoms with van der Waals surface area (Å²) < 4.78 is 12.0. The summed E-state index contributed by atoms with van der Waals surface area (Å²) in [6.45, 7) is 0.343. The van der Waals surface area contributed by atoms with Crippen LogP contribution in [0.15, 0.2) is 46.9 Å². The summed E-state index contributed by atoms with van der Waals surface area (Å²) in [5.74, 6) is 1.37. The highest BCUT2D eigenvalue weighted by molar-refractivity contribution is 9.10. The zero-order valence-corrected chi connectivity index (χ0v) is 13.3. The molecule has 0 aliphatic rings. The van der Waals surface area contributed by atoms with E-state index in [-0.39, 0.29) is 6.10 Å². The highest BCUT2D eigenvalue weighted by Crippen LogP contribution is 2.32. The molecule has 0 aliphatic heterocycles. The number of ether oxygens (including phenoxy) is 2. The number of methoxy groups -OCH3 is 1. The van der Waals surface area contributed by atoms with Crippen molar-refractivity contribution in [2.45, 2.75) is 6.10 Å². The predicted molar refractivity (Wildman–Crippen MR) is 84.6 cm³/mol. The SMILES string of the molecule is COc1cccc(C(CN)Oc2cc(Br)ccc2Cl)c1. The minimum atomic E-state index is -0.281. The van der Waals surface area contributed by atoms with Crippen LogP contribution in [0.3, 0.4) is 0 Å². The van der Waals surface area contributed by atoms with Crippen molar-refractivity contribution in [3.05, 3.63) is 57.5 Å². The zero-order valence-electron chi connectivity index (χ0n) is 11.0. The van der Waals surface area contributed by atoms with Crippen molar-refractivity contribution >= 4 is 27.5 Å². The van der Waals surface area contributed by atoms with Crippen LogP contribution in [0.4, 0.5) is 0 Å². The van der Waals surface area contributed by atoms with Gasteiger partial charge in [-0.3, -0.25) is 0 Å².